The van der Waals surface area contributed by atoms with Gasteiger partial charge in [-0.3, -0.25) is 0 Å². The summed E-state index contributed by atoms with van der Waals surface area (Å²) in [5, 5.41) is 0. The molecule has 2 heterocycles. The van der Waals surface area contributed by atoms with Crippen molar-refractivity contribution in [3.63, 3.8) is 0 Å². The molecule has 3 heteroatoms. The van der Waals surface area contributed by atoms with Crippen molar-refractivity contribution >= 4 is 63.3 Å². The average Bonchev–Trinajstić information content (AvgIpc) is 3.11. The Morgan fingerprint density at radius 2 is 0.755 bits per heavy atom. The molecule has 5 aromatic carbocycles. The van der Waals surface area contributed by atoms with E-state index in [9.17, 15) is 0 Å². The molecule has 0 N–H and O–H groups in total. The van der Waals surface area contributed by atoms with E-state index in [1.807, 2.05) is 0 Å². The molecule has 2 aliphatic heterocycles. The molecule has 0 unspecified atom stereocenters. The van der Waals surface area contributed by atoms with Gasteiger partial charge in [0.1, 0.15) is 0 Å². The van der Waals surface area contributed by atoms with Crippen molar-refractivity contribution < 1.29 is 0 Å². The monoisotopic (exact) mass is 697 g/mol. The van der Waals surface area contributed by atoms with Gasteiger partial charge < -0.3 is 4.90 Å². The maximum atomic E-state index is 2.68. The molecule has 0 radical (unpaired) electrons. The molecule has 0 fully saturated rings. The number of aryl methyl sites for hydroxylation is 1. The standard InChI is InChI=1S/C50H61B2N/c1-18-37-23-42-48-43(24-37)52(47-35(10)31(6)28(3)32(7)36(47)11)41-26-39(50(15,16)17)20-22-45(41)53(48)44-21-19-38(49(12,13)14)25-40(44)51(42)46-33(8)29(4)27(2)30(5)34(46)9/h19-26H,18H2,1-17H3. The van der Waals surface area contributed by atoms with Crippen LogP contribution in [0.15, 0.2) is 48.5 Å². The molecule has 0 bridgehead atoms. The van der Waals surface area contributed by atoms with Crippen molar-refractivity contribution in [3.05, 3.63) is 121 Å². The first kappa shape index (κ1) is 37.3. The van der Waals surface area contributed by atoms with Crippen LogP contribution >= 0.6 is 0 Å². The highest BCUT2D eigenvalue weighted by atomic mass is 15.2. The lowest BCUT2D eigenvalue weighted by molar-refractivity contribution is 0.590. The lowest BCUT2D eigenvalue weighted by Gasteiger charge is -2.46. The molecule has 0 spiro atoms. The van der Waals surface area contributed by atoms with Gasteiger partial charge in [-0.25, -0.2) is 0 Å². The molecule has 0 aliphatic carbocycles. The first-order chi connectivity index (χ1) is 24.7. The van der Waals surface area contributed by atoms with Crippen molar-refractivity contribution in [2.75, 3.05) is 4.90 Å². The number of hydrogen-bond donors (Lipinski definition) is 0. The summed E-state index contributed by atoms with van der Waals surface area (Å²) in [5.41, 5.74) is 31.4. The van der Waals surface area contributed by atoms with Gasteiger partial charge in [-0.05, 0) is 171 Å². The molecule has 272 valence electrons. The zero-order valence-corrected chi connectivity index (χ0v) is 35.9. The van der Waals surface area contributed by atoms with Gasteiger partial charge in [-0.1, -0.05) is 118 Å². The summed E-state index contributed by atoms with van der Waals surface area (Å²) < 4.78 is 0. The van der Waals surface area contributed by atoms with Crippen LogP contribution in [0.3, 0.4) is 0 Å². The Hall–Kier alpha value is -3.97. The predicted molar refractivity (Wildman–Crippen MR) is 237 cm³/mol. The van der Waals surface area contributed by atoms with Gasteiger partial charge in [0.25, 0.3) is 0 Å². The molecule has 2 aliphatic rings. The van der Waals surface area contributed by atoms with E-state index in [-0.39, 0.29) is 24.3 Å². The number of rotatable bonds is 3. The van der Waals surface area contributed by atoms with E-state index in [4.69, 9.17) is 0 Å². The highest BCUT2D eigenvalue weighted by molar-refractivity contribution is 7.02. The predicted octanol–water partition coefficient (Wildman–Crippen LogP) is 9.06. The van der Waals surface area contributed by atoms with Crippen LogP contribution in [0.1, 0.15) is 121 Å². The van der Waals surface area contributed by atoms with E-state index in [1.165, 1.54) is 122 Å². The van der Waals surface area contributed by atoms with Crippen molar-refractivity contribution in [2.45, 2.75) is 135 Å². The highest BCUT2D eigenvalue weighted by Gasteiger charge is 2.46. The second kappa shape index (κ2) is 12.5. The zero-order valence-electron chi connectivity index (χ0n) is 35.9. The van der Waals surface area contributed by atoms with Crippen molar-refractivity contribution in [3.8, 4) is 0 Å². The molecule has 0 saturated carbocycles. The Bertz CT molecular complexity index is 2140. The van der Waals surface area contributed by atoms with E-state index >= 15 is 0 Å². The van der Waals surface area contributed by atoms with Crippen molar-refractivity contribution in [2.24, 2.45) is 0 Å². The summed E-state index contributed by atoms with van der Waals surface area (Å²) in [6.07, 6.45) is 0.997. The Labute approximate surface area is 322 Å². The Balaban J connectivity index is 1.70. The largest absolute Gasteiger partial charge is 0.313 e. The number of benzene rings is 5. The van der Waals surface area contributed by atoms with Crippen LogP contribution in [0, 0.1) is 69.2 Å². The summed E-state index contributed by atoms with van der Waals surface area (Å²) >= 11 is 0. The second-order valence-electron chi connectivity index (χ2n) is 18.8. The summed E-state index contributed by atoms with van der Waals surface area (Å²) in [6.45, 7) is 40.3. The topological polar surface area (TPSA) is 3.24 Å². The molecule has 0 saturated heterocycles. The lowest BCUT2D eigenvalue weighted by atomic mass is 9.29. The van der Waals surface area contributed by atoms with Crippen molar-refractivity contribution in [1.82, 2.24) is 0 Å². The molecule has 1 nitrogen and oxygen atoms in total. The molecule has 5 aromatic rings. The first-order valence-corrected chi connectivity index (χ1v) is 20.1. The van der Waals surface area contributed by atoms with Gasteiger partial charge in [0, 0.05) is 17.1 Å². The normalized spacial score (nSPS) is 13.7. The fourth-order valence-electron chi connectivity index (χ4n) is 9.81. The molecule has 7 rings (SSSR count). The van der Waals surface area contributed by atoms with Gasteiger partial charge in [-0.15, -0.1) is 0 Å². The summed E-state index contributed by atoms with van der Waals surface area (Å²) in [6, 6.07) is 20.0. The second-order valence-corrected chi connectivity index (χ2v) is 18.8. The number of fused-ring (bicyclic) bond motifs is 4. The lowest BCUT2D eigenvalue weighted by Crippen LogP contribution is -2.66. The van der Waals surface area contributed by atoms with Crippen LogP contribution in [0.4, 0.5) is 17.1 Å². The minimum atomic E-state index is 0.0300. The van der Waals surface area contributed by atoms with Gasteiger partial charge in [0.05, 0.1) is 0 Å². The summed E-state index contributed by atoms with van der Waals surface area (Å²) in [7, 11) is 0. The molecular formula is C50H61B2N. The van der Waals surface area contributed by atoms with E-state index in [0.29, 0.717) is 0 Å². The number of anilines is 3. The molecule has 0 amide bonds. The number of hydrogen-bond acceptors (Lipinski definition) is 1. The van der Waals surface area contributed by atoms with Crippen LogP contribution in [0.2, 0.25) is 0 Å². The van der Waals surface area contributed by atoms with Crippen molar-refractivity contribution in [1.29, 1.82) is 0 Å². The highest BCUT2D eigenvalue weighted by Crippen LogP contribution is 2.41. The van der Waals surface area contributed by atoms with Crippen LogP contribution in [-0.4, -0.2) is 13.4 Å². The van der Waals surface area contributed by atoms with Gasteiger partial charge in [0.2, 0.25) is 13.4 Å². The molecule has 53 heavy (non-hydrogen) atoms. The molecule has 0 atom stereocenters. The minimum absolute atomic E-state index is 0.0300. The summed E-state index contributed by atoms with van der Waals surface area (Å²) in [5.74, 6) is 0. The van der Waals surface area contributed by atoms with Crippen LogP contribution in [-0.2, 0) is 17.3 Å². The maximum Gasteiger partial charge on any atom is 0.247 e. The van der Waals surface area contributed by atoms with Gasteiger partial charge >= 0.3 is 0 Å². The third kappa shape index (κ3) is 5.50. The van der Waals surface area contributed by atoms with E-state index in [0.717, 1.165) is 6.42 Å². The van der Waals surface area contributed by atoms with Gasteiger partial charge in [0.15, 0.2) is 0 Å². The van der Waals surface area contributed by atoms with Crippen LogP contribution in [0.25, 0.3) is 0 Å². The fourth-order valence-corrected chi connectivity index (χ4v) is 9.81. The molecule has 0 aromatic heterocycles. The zero-order chi connectivity index (χ0) is 38.8. The maximum absolute atomic E-state index is 2.68. The third-order valence-electron chi connectivity index (χ3n) is 14.1. The Morgan fingerprint density at radius 3 is 1.06 bits per heavy atom. The van der Waals surface area contributed by atoms with E-state index in [2.05, 4.69) is 171 Å². The first-order valence-electron chi connectivity index (χ1n) is 20.1. The SMILES string of the molecule is CCc1cc2c3c(c1)B(c1c(C)c(C)c(C)c(C)c1C)c1cc(C(C)(C)C)ccc1N3c1ccc(C(C)(C)C)cc1B2c1c(C)c(C)c(C)c(C)c1C. The summed E-state index contributed by atoms with van der Waals surface area (Å²) in [4.78, 5) is 2.68. The average molecular weight is 698 g/mol. The van der Waals surface area contributed by atoms with E-state index in [1.54, 1.807) is 0 Å². The van der Waals surface area contributed by atoms with Crippen LogP contribution in [0.5, 0.6) is 0 Å². The minimum Gasteiger partial charge on any atom is -0.313 e. The van der Waals surface area contributed by atoms with E-state index < -0.39 is 0 Å². The fraction of sp³-hybridized carbons (Fsp3) is 0.400. The Kier molecular flexibility index (Phi) is 8.84. The third-order valence-corrected chi connectivity index (χ3v) is 14.1. The quantitative estimate of drug-likeness (QED) is 0.167. The Morgan fingerprint density at radius 1 is 0.434 bits per heavy atom. The van der Waals surface area contributed by atoms with Crippen LogP contribution < -0.4 is 37.7 Å². The smallest absolute Gasteiger partial charge is 0.247 e. The van der Waals surface area contributed by atoms with Gasteiger partial charge in [-0.2, -0.15) is 0 Å². The number of nitrogens with zero attached hydrogens (tertiary/aromatic N) is 1. The molecular weight excluding hydrogens is 636 g/mol.